The molecule has 1 aromatic rings. The SMILES string of the molecule is CCOC(=O)CN(C(=O)c1c(C)n[nH]c1C)C(C)C. The third-order valence-corrected chi connectivity index (χ3v) is 2.83. The van der Waals surface area contributed by atoms with Gasteiger partial charge >= 0.3 is 5.97 Å². The van der Waals surface area contributed by atoms with Crippen LogP contribution < -0.4 is 0 Å². The summed E-state index contributed by atoms with van der Waals surface area (Å²) >= 11 is 0. The average Bonchev–Trinajstić information content (AvgIpc) is 2.65. The molecular weight excluding hydrogens is 246 g/mol. The number of nitrogens with zero attached hydrogens (tertiary/aromatic N) is 2. The molecule has 0 saturated carbocycles. The molecule has 1 N–H and O–H groups in total. The van der Waals surface area contributed by atoms with E-state index in [0.717, 1.165) is 0 Å². The van der Waals surface area contributed by atoms with Crippen LogP contribution in [-0.2, 0) is 9.53 Å². The van der Waals surface area contributed by atoms with Crippen LogP contribution in [0.3, 0.4) is 0 Å². The van der Waals surface area contributed by atoms with Gasteiger partial charge in [-0.2, -0.15) is 5.10 Å². The van der Waals surface area contributed by atoms with Crippen molar-refractivity contribution >= 4 is 11.9 Å². The number of rotatable bonds is 5. The van der Waals surface area contributed by atoms with E-state index in [1.807, 2.05) is 13.8 Å². The predicted octanol–water partition coefficient (Wildman–Crippen LogP) is 1.44. The Kier molecular flexibility index (Phi) is 5.09. The van der Waals surface area contributed by atoms with Crippen LogP contribution in [0.1, 0.15) is 42.5 Å². The fourth-order valence-corrected chi connectivity index (χ4v) is 1.84. The van der Waals surface area contributed by atoms with Crippen molar-refractivity contribution in [3.05, 3.63) is 17.0 Å². The number of amides is 1. The molecule has 6 heteroatoms. The van der Waals surface area contributed by atoms with Crippen molar-refractivity contribution in [2.75, 3.05) is 13.2 Å². The van der Waals surface area contributed by atoms with Gasteiger partial charge in [0.05, 0.1) is 17.9 Å². The van der Waals surface area contributed by atoms with Crippen LogP contribution in [0.4, 0.5) is 0 Å². The van der Waals surface area contributed by atoms with E-state index < -0.39 is 5.97 Å². The van der Waals surface area contributed by atoms with Crippen molar-refractivity contribution in [3.63, 3.8) is 0 Å². The van der Waals surface area contributed by atoms with Gasteiger partial charge in [-0.05, 0) is 34.6 Å². The van der Waals surface area contributed by atoms with Crippen molar-refractivity contribution in [2.45, 2.75) is 40.7 Å². The highest BCUT2D eigenvalue weighted by atomic mass is 16.5. The lowest BCUT2D eigenvalue weighted by atomic mass is 10.1. The third-order valence-electron chi connectivity index (χ3n) is 2.83. The van der Waals surface area contributed by atoms with Gasteiger partial charge in [0, 0.05) is 11.7 Å². The molecule has 0 spiro atoms. The van der Waals surface area contributed by atoms with Crippen molar-refractivity contribution in [1.82, 2.24) is 15.1 Å². The van der Waals surface area contributed by atoms with E-state index in [9.17, 15) is 9.59 Å². The monoisotopic (exact) mass is 267 g/mol. The number of ether oxygens (including phenoxy) is 1. The van der Waals surface area contributed by atoms with E-state index in [0.29, 0.717) is 23.6 Å². The first-order chi connectivity index (χ1) is 8.88. The Bertz CT molecular complexity index is 446. The summed E-state index contributed by atoms with van der Waals surface area (Å²) in [7, 11) is 0. The zero-order valence-electron chi connectivity index (χ0n) is 12.1. The maximum atomic E-state index is 12.5. The Balaban J connectivity index is 2.94. The van der Waals surface area contributed by atoms with Crippen molar-refractivity contribution in [3.8, 4) is 0 Å². The van der Waals surface area contributed by atoms with E-state index in [-0.39, 0.29) is 18.5 Å². The Morgan fingerprint density at radius 2 is 2.00 bits per heavy atom. The molecule has 106 valence electrons. The van der Waals surface area contributed by atoms with Crippen LogP contribution >= 0.6 is 0 Å². The van der Waals surface area contributed by atoms with Crippen molar-refractivity contribution in [2.24, 2.45) is 0 Å². The largest absolute Gasteiger partial charge is 0.465 e. The minimum atomic E-state index is -0.400. The first kappa shape index (κ1) is 15.2. The molecule has 0 aromatic carbocycles. The molecule has 0 aliphatic carbocycles. The topological polar surface area (TPSA) is 75.3 Å². The third kappa shape index (κ3) is 3.56. The minimum absolute atomic E-state index is 0.0472. The smallest absolute Gasteiger partial charge is 0.325 e. The van der Waals surface area contributed by atoms with Crippen LogP contribution in [0.15, 0.2) is 0 Å². The molecule has 0 radical (unpaired) electrons. The second kappa shape index (κ2) is 6.36. The molecule has 0 atom stereocenters. The molecule has 19 heavy (non-hydrogen) atoms. The highest BCUT2D eigenvalue weighted by Crippen LogP contribution is 2.14. The maximum absolute atomic E-state index is 12.5. The van der Waals surface area contributed by atoms with Gasteiger partial charge in [-0.3, -0.25) is 14.7 Å². The first-order valence-electron chi connectivity index (χ1n) is 6.36. The van der Waals surface area contributed by atoms with Gasteiger partial charge in [-0.1, -0.05) is 0 Å². The summed E-state index contributed by atoms with van der Waals surface area (Å²) in [4.78, 5) is 25.5. The van der Waals surface area contributed by atoms with E-state index >= 15 is 0 Å². The average molecular weight is 267 g/mol. The van der Waals surface area contributed by atoms with Crippen LogP contribution in [0.25, 0.3) is 0 Å². The molecule has 0 saturated heterocycles. The van der Waals surface area contributed by atoms with Gasteiger partial charge in [-0.15, -0.1) is 0 Å². The lowest BCUT2D eigenvalue weighted by molar-refractivity contribution is -0.144. The fourth-order valence-electron chi connectivity index (χ4n) is 1.84. The van der Waals surface area contributed by atoms with Crippen molar-refractivity contribution < 1.29 is 14.3 Å². The van der Waals surface area contributed by atoms with Crippen molar-refractivity contribution in [1.29, 1.82) is 0 Å². The summed E-state index contributed by atoms with van der Waals surface area (Å²) in [6.45, 7) is 9.28. The van der Waals surface area contributed by atoms with Gasteiger partial charge < -0.3 is 9.64 Å². The van der Waals surface area contributed by atoms with Crippen LogP contribution in [0, 0.1) is 13.8 Å². The maximum Gasteiger partial charge on any atom is 0.325 e. The van der Waals surface area contributed by atoms with E-state index in [1.54, 1.807) is 20.8 Å². The predicted molar refractivity (Wildman–Crippen MR) is 70.9 cm³/mol. The number of hydrogen-bond acceptors (Lipinski definition) is 4. The second-order valence-corrected chi connectivity index (χ2v) is 4.64. The quantitative estimate of drug-likeness (QED) is 0.819. The molecule has 1 rings (SSSR count). The zero-order chi connectivity index (χ0) is 14.6. The summed E-state index contributed by atoms with van der Waals surface area (Å²) in [5.74, 6) is -0.602. The van der Waals surface area contributed by atoms with Crippen LogP contribution in [0.2, 0.25) is 0 Å². The molecule has 0 aliphatic heterocycles. The van der Waals surface area contributed by atoms with E-state index in [1.165, 1.54) is 4.90 Å². The number of aromatic amines is 1. The summed E-state index contributed by atoms with van der Waals surface area (Å²) in [5.41, 5.74) is 1.87. The highest BCUT2D eigenvalue weighted by molar-refractivity contribution is 5.98. The standard InChI is InChI=1S/C13H21N3O3/c1-6-19-11(17)7-16(8(2)3)13(18)12-9(4)14-15-10(12)5/h8H,6-7H2,1-5H3,(H,14,15). The number of carbonyl (C=O) groups excluding carboxylic acids is 2. The molecule has 0 fully saturated rings. The van der Waals surface area contributed by atoms with Crippen LogP contribution in [0.5, 0.6) is 0 Å². The molecule has 6 nitrogen and oxygen atoms in total. The number of aromatic nitrogens is 2. The molecule has 1 heterocycles. The Labute approximate surface area is 113 Å². The normalized spacial score (nSPS) is 10.6. The van der Waals surface area contributed by atoms with Crippen LogP contribution in [-0.4, -0.2) is 46.2 Å². The Hall–Kier alpha value is -1.85. The van der Waals surface area contributed by atoms with Gasteiger partial charge in [0.25, 0.3) is 5.91 Å². The minimum Gasteiger partial charge on any atom is -0.465 e. The fraction of sp³-hybridized carbons (Fsp3) is 0.615. The Morgan fingerprint density at radius 3 is 2.42 bits per heavy atom. The molecular formula is C13H21N3O3. The van der Waals surface area contributed by atoms with Gasteiger partial charge in [0.1, 0.15) is 6.54 Å². The number of nitrogens with one attached hydrogen (secondary N) is 1. The number of aryl methyl sites for hydroxylation is 2. The number of H-pyrrole nitrogens is 1. The first-order valence-corrected chi connectivity index (χ1v) is 6.36. The molecule has 0 unspecified atom stereocenters. The summed E-state index contributed by atoms with van der Waals surface area (Å²) in [5, 5.41) is 6.78. The molecule has 0 aliphatic rings. The van der Waals surface area contributed by atoms with Gasteiger partial charge in [0.2, 0.25) is 0 Å². The summed E-state index contributed by atoms with van der Waals surface area (Å²) < 4.78 is 4.89. The number of hydrogen-bond donors (Lipinski definition) is 1. The summed E-state index contributed by atoms with van der Waals surface area (Å²) in [6.07, 6.45) is 0. The molecule has 1 aromatic heterocycles. The van der Waals surface area contributed by atoms with E-state index in [4.69, 9.17) is 4.74 Å². The number of esters is 1. The highest BCUT2D eigenvalue weighted by Gasteiger charge is 2.26. The number of carbonyl (C=O) groups is 2. The second-order valence-electron chi connectivity index (χ2n) is 4.64. The van der Waals surface area contributed by atoms with Gasteiger partial charge in [-0.25, -0.2) is 0 Å². The lowest BCUT2D eigenvalue weighted by Crippen LogP contribution is -2.41. The van der Waals surface area contributed by atoms with Gasteiger partial charge in [0.15, 0.2) is 0 Å². The Morgan fingerprint density at radius 1 is 1.37 bits per heavy atom. The summed E-state index contributed by atoms with van der Waals surface area (Å²) in [6, 6.07) is -0.0920. The molecule has 0 bridgehead atoms. The lowest BCUT2D eigenvalue weighted by Gasteiger charge is -2.25. The molecule has 1 amide bonds. The zero-order valence-corrected chi connectivity index (χ0v) is 12.1. The van der Waals surface area contributed by atoms with E-state index in [2.05, 4.69) is 10.2 Å².